The molecule has 1 aliphatic carbocycles. The Labute approximate surface area is 116 Å². The van der Waals surface area contributed by atoms with Gasteiger partial charge in [-0.15, -0.1) is 11.3 Å². The van der Waals surface area contributed by atoms with Crippen molar-refractivity contribution in [1.82, 2.24) is 5.32 Å². The van der Waals surface area contributed by atoms with Crippen LogP contribution in [0.3, 0.4) is 0 Å². The second-order valence-corrected chi connectivity index (χ2v) is 5.34. The van der Waals surface area contributed by atoms with Gasteiger partial charge in [0.2, 0.25) is 0 Å². The largest absolute Gasteiger partial charge is 0.384 e. The van der Waals surface area contributed by atoms with Gasteiger partial charge in [-0.2, -0.15) is 0 Å². The SMILES string of the molecule is O=C(NCCOCC1CC1)c1csc(C#CCO)c1. The minimum atomic E-state index is -0.169. The fraction of sp³-hybridized carbons (Fsp3) is 0.500. The fourth-order valence-electron chi connectivity index (χ4n) is 1.52. The van der Waals surface area contributed by atoms with E-state index in [1.165, 1.54) is 24.2 Å². The van der Waals surface area contributed by atoms with E-state index < -0.39 is 0 Å². The van der Waals surface area contributed by atoms with Gasteiger partial charge in [-0.3, -0.25) is 4.79 Å². The summed E-state index contributed by atoms with van der Waals surface area (Å²) < 4.78 is 5.44. The lowest BCUT2D eigenvalue weighted by atomic mass is 10.3. The second kappa shape index (κ2) is 7.29. The molecule has 0 unspecified atom stereocenters. The van der Waals surface area contributed by atoms with Gasteiger partial charge in [-0.25, -0.2) is 0 Å². The molecule has 0 aromatic carbocycles. The van der Waals surface area contributed by atoms with E-state index in [1.807, 2.05) is 0 Å². The number of hydrogen-bond acceptors (Lipinski definition) is 4. The van der Waals surface area contributed by atoms with Crippen LogP contribution in [0, 0.1) is 17.8 Å². The maximum absolute atomic E-state index is 11.8. The highest BCUT2D eigenvalue weighted by atomic mass is 32.1. The summed E-state index contributed by atoms with van der Waals surface area (Å²) in [5.41, 5.74) is 0.606. The van der Waals surface area contributed by atoms with E-state index in [9.17, 15) is 4.79 Å². The first-order valence-corrected chi connectivity index (χ1v) is 7.22. The summed E-state index contributed by atoms with van der Waals surface area (Å²) in [6, 6.07) is 1.73. The maximum Gasteiger partial charge on any atom is 0.252 e. The number of carbonyl (C=O) groups is 1. The molecule has 1 aliphatic rings. The van der Waals surface area contributed by atoms with Crippen LogP contribution in [0.1, 0.15) is 28.1 Å². The van der Waals surface area contributed by atoms with Crippen LogP contribution in [0.5, 0.6) is 0 Å². The Balaban J connectivity index is 1.68. The molecule has 1 saturated carbocycles. The molecule has 5 heteroatoms. The molecule has 4 nitrogen and oxygen atoms in total. The van der Waals surface area contributed by atoms with Crippen LogP contribution >= 0.6 is 11.3 Å². The molecular formula is C14H17NO3S. The zero-order valence-corrected chi connectivity index (χ0v) is 11.5. The van der Waals surface area contributed by atoms with Crippen LogP contribution in [0.15, 0.2) is 11.4 Å². The van der Waals surface area contributed by atoms with Gasteiger partial charge in [-0.05, 0) is 24.8 Å². The lowest BCUT2D eigenvalue weighted by molar-refractivity contribution is 0.0907. The van der Waals surface area contributed by atoms with Crippen molar-refractivity contribution >= 4 is 17.2 Å². The summed E-state index contributed by atoms with van der Waals surface area (Å²) in [6.07, 6.45) is 2.55. The summed E-state index contributed by atoms with van der Waals surface area (Å²) in [5.74, 6) is 5.98. The zero-order chi connectivity index (χ0) is 13.5. The van der Waals surface area contributed by atoms with Gasteiger partial charge in [0.25, 0.3) is 5.91 Å². The lowest BCUT2D eigenvalue weighted by Crippen LogP contribution is -2.27. The van der Waals surface area contributed by atoms with E-state index in [2.05, 4.69) is 17.2 Å². The van der Waals surface area contributed by atoms with E-state index in [4.69, 9.17) is 9.84 Å². The van der Waals surface area contributed by atoms with Gasteiger partial charge < -0.3 is 15.2 Å². The minimum Gasteiger partial charge on any atom is -0.384 e. The van der Waals surface area contributed by atoms with Crippen molar-refractivity contribution in [3.8, 4) is 11.8 Å². The van der Waals surface area contributed by atoms with Crippen LogP contribution in [-0.2, 0) is 4.74 Å². The van der Waals surface area contributed by atoms with Gasteiger partial charge in [0, 0.05) is 18.5 Å². The minimum absolute atomic E-state index is 0.108. The Morgan fingerprint density at radius 2 is 2.42 bits per heavy atom. The Morgan fingerprint density at radius 3 is 3.16 bits per heavy atom. The number of thiophene rings is 1. The Hall–Kier alpha value is -1.35. The van der Waals surface area contributed by atoms with E-state index in [-0.39, 0.29) is 12.5 Å². The molecule has 0 saturated heterocycles. The van der Waals surface area contributed by atoms with Gasteiger partial charge in [0.1, 0.15) is 6.61 Å². The van der Waals surface area contributed by atoms with Gasteiger partial charge in [-0.1, -0.05) is 11.8 Å². The summed E-state index contributed by atoms with van der Waals surface area (Å²) >= 11 is 1.40. The number of rotatable bonds is 6. The normalized spacial score (nSPS) is 13.7. The van der Waals surface area contributed by atoms with Crippen LogP contribution in [0.4, 0.5) is 0 Å². The van der Waals surface area contributed by atoms with Crippen molar-refractivity contribution in [1.29, 1.82) is 0 Å². The lowest BCUT2D eigenvalue weighted by Gasteiger charge is -2.04. The molecule has 0 aliphatic heterocycles. The maximum atomic E-state index is 11.8. The molecule has 2 rings (SSSR count). The second-order valence-electron chi connectivity index (χ2n) is 4.43. The Bertz CT molecular complexity index is 482. The van der Waals surface area contributed by atoms with Crippen LogP contribution in [0.25, 0.3) is 0 Å². The average molecular weight is 279 g/mol. The number of ether oxygens (including phenoxy) is 1. The molecule has 1 fully saturated rings. The Morgan fingerprint density at radius 1 is 1.58 bits per heavy atom. The molecule has 1 heterocycles. The highest BCUT2D eigenvalue weighted by Crippen LogP contribution is 2.28. The third-order valence-corrected chi connectivity index (χ3v) is 3.58. The van der Waals surface area contributed by atoms with Crippen molar-refractivity contribution in [2.45, 2.75) is 12.8 Å². The molecule has 0 bridgehead atoms. The summed E-state index contributed by atoms with van der Waals surface area (Å²) in [6.45, 7) is 1.73. The number of aliphatic hydroxyl groups is 1. The molecular weight excluding hydrogens is 262 g/mol. The molecule has 0 spiro atoms. The monoisotopic (exact) mass is 279 g/mol. The Kier molecular flexibility index (Phi) is 5.40. The van der Waals surface area contributed by atoms with Crippen LogP contribution in [-0.4, -0.2) is 37.4 Å². The zero-order valence-electron chi connectivity index (χ0n) is 10.6. The van der Waals surface area contributed by atoms with Crippen molar-refractivity contribution in [3.63, 3.8) is 0 Å². The predicted molar refractivity (Wildman–Crippen MR) is 74.2 cm³/mol. The number of amides is 1. The predicted octanol–water partition coefficient (Wildman–Crippen LogP) is 1.25. The third-order valence-electron chi connectivity index (χ3n) is 2.73. The quantitative estimate of drug-likeness (QED) is 0.608. The van der Waals surface area contributed by atoms with Gasteiger partial charge in [0.05, 0.1) is 17.0 Å². The van der Waals surface area contributed by atoms with Gasteiger partial charge in [0.15, 0.2) is 0 Å². The first kappa shape index (κ1) is 14.1. The molecule has 0 atom stereocenters. The molecule has 1 aromatic heterocycles. The molecule has 19 heavy (non-hydrogen) atoms. The smallest absolute Gasteiger partial charge is 0.252 e. The number of nitrogens with one attached hydrogen (secondary N) is 1. The fourth-order valence-corrected chi connectivity index (χ4v) is 2.28. The third kappa shape index (κ3) is 5.03. The average Bonchev–Trinajstić information content (AvgIpc) is 3.12. The van der Waals surface area contributed by atoms with Crippen molar-refractivity contribution in [3.05, 3.63) is 21.9 Å². The van der Waals surface area contributed by atoms with E-state index in [1.54, 1.807) is 11.4 Å². The van der Waals surface area contributed by atoms with E-state index >= 15 is 0 Å². The number of hydrogen-bond donors (Lipinski definition) is 2. The standard InChI is InChI=1S/C14H17NO3S/c16-6-1-2-13-8-12(10-19-13)14(17)15-5-7-18-9-11-3-4-11/h8,10-11,16H,3-7,9H2,(H,15,17). The van der Waals surface area contributed by atoms with Crippen LogP contribution < -0.4 is 5.32 Å². The highest BCUT2D eigenvalue weighted by Gasteiger charge is 2.20. The van der Waals surface area contributed by atoms with Crippen molar-refractivity contribution in [2.24, 2.45) is 5.92 Å². The summed E-state index contributed by atoms with van der Waals surface area (Å²) in [5, 5.41) is 13.2. The summed E-state index contributed by atoms with van der Waals surface area (Å²) in [4.78, 5) is 12.6. The highest BCUT2D eigenvalue weighted by molar-refractivity contribution is 7.10. The topological polar surface area (TPSA) is 58.6 Å². The number of carbonyl (C=O) groups excluding carboxylic acids is 1. The summed E-state index contributed by atoms with van der Waals surface area (Å²) in [7, 11) is 0. The van der Waals surface area contributed by atoms with E-state index in [0.29, 0.717) is 18.7 Å². The first-order valence-electron chi connectivity index (χ1n) is 6.34. The number of aliphatic hydroxyl groups excluding tert-OH is 1. The molecule has 0 radical (unpaired) electrons. The van der Waals surface area contributed by atoms with E-state index in [0.717, 1.165) is 17.4 Å². The van der Waals surface area contributed by atoms with Gasteiger partial charge >= 0.3 is 0 Å². The molecule has 2 N–H and O–H groups in total. The van der Waals surface area contributed by atoms with Crippen LogP contribution in [0.2, 0.25) is 0 Å². The molecule has 102 valence electrons. The molecule has 1 aromatic rings. The van der Waals surface area contributed by atoms with Crippen molar-refractivity contribution in [2.75, 3.05) is 26.4 Å². The molecule has 1 amide bonds. The van der Waals surface area contributed by atoms with Crippen molar-refractivity contribution < 1.29 is 14.6 Å². The first-order chi connectivity index (χ1) is 9.29.